The van der Waals surface area contributed by atoms with Gasteiger partial charge < -0.3 is 5.32 Å². The topological polar surface area (TPSA) is 42.0 Å². The van der Waals surface area contributed by atoms with Gasteiger partial charge in [0.05, 0.1) is 12.2 Å². The van der Waals surface area contributed by atoms with Crippen LogP contribution in [-0.4, -0.2) is 10.9 Å². The summed E-state index contributed by atoms with van der Waals surface area (Å²) in [6.07, 6.45) is 5.01. The molecule has 1 rings (SSSR count). The Bertz CT molecular complexity index is 462. The third-order valence-electron chi connectivity index (χ3n) is 4.82. The predicted molar refractivity (Wildman–Crippen MR) is 96.9 cm³/mol. The van der Waals surface area contributed by atoms with E-state index in [0.29, 0.717) is 18.4 Å². The molecule has 1 aromatic rings. The van der Waals surface area contributed by atoms with Gasteiger partial charge in [-0.3, -0.25) is 9.78 Å². The molecule has 0 aliphatic carbocycles. The van der Waals surface area contributed by atoms with Crippen molar-refractivity contribution in [2.75, 3.05) is 0 Å². The van der Waals surface area contributed by atoms with E-state index in [-0.39, 0.29) is 17.2 Å². The van der Waals surface area contributed by atoms with Crippen molar-refractivity contribution < 1.29 is 4.79 Å². The molecule has 0 radical (unpaired) electrons. The first-order chi connectivity index (χ1) is 10.7. The minimum atomic E-state index is -0.0186. The average molecular weight is 319 g/mol. The Labute approximate surface area is 142 Å². The van der Waals surface area contributed by atoms with Crippen molar-refractivity contribution in [1.29, 1.82) is 0 Å². The SMILES string of the molecule is CC(C)C(C)CCCC(C(=O)NCc1ccccn1)C(C)(C)C. The van der Waals surface area contributed by atoms with Gasteiger partial charge in [-0.2, -0.15) is 0 Å². The van der Waals surface area contributed by atoms with E-state index < -0.39 is 0 Å². The minimum absolute atomic E-state index is 0.0186. The van der Waals surface area contributed by atoms with E-state index in [0.717, 1.165) is 18.5 Å². The molecule has 1 aromatic heterocycles. The molecule has 0 aliphatic heterocycles. The van der Waals surface area contributed by atoms with Gasteiger partial charge in [-0.1, -0.05) is 60.5 Å². The molecule has 0 fully saturated rings. The zero-order chi connectivity index (χ0) is 17.5. The van der Waals surface area contributed by atoms with Gasteiger partial charge in [-0.15, -0.1) is 0 Å². The second kappa shape index (κ2) is 9.05. The molecule has 0 saturated carbocycles. The zero-order valence-corrected chi connectivity index (χ0v) is 15.7. The van der Waals surface area contributed by atoms with Gasteiger partial charge in [0, 0.05) is 12.1 Å². The van der Waals surface area contributed by atoms with Crippen LogP contribution in [-0.2, 0) is 11.3 Å². The van der Waals surface area contributed by atoms with Gasteiger partial charge in [0.2, 0.25) is 5.91 Å². The van der Waals surface area contributed by atoms with Crippen LogP contribution < -0.4 is 5.32 Å². The number of nitrogens with one attached hydrogen (secondary N) is 1. The van der Waals surface area contributed by atoms with E-state index in [9.17, 15) is 4.79 Å². The van der Waals surface area contributed by atoms with Crippen LogP contribution in [0.15, 0.2) is 24.4 Å². The molecular weight excluding hydrogens is 284 g/mol. The van der Waals surface area contributed by atoms with Gasteiger partial charge in [0.15, 0.2) is 0 Å². The number of hydrogen-bond acceptors (Lipinski definition) is 2. The first-order valence-corrected chi connectivity index (χ1v) is 8.89. The fourth-order valence-electron chi connectivity index (χ4n) is 2.74. The second-order valence-electron chi connectivity index (χ2n) is 8.11. The number of pyridine rings is 1. The molecule has 0 aliphatic rings. The molecule has 0 bridgehead atoms. The van der Waals surface area contributed by atoms with E-state index in [2.05, 4.69) is 51.8 Å². The van der Waals surface area contributed by atoms with Crippen molar-refractivity contribution in [3.8, 4) is 0 Å². The molecule has 1 heterocycles. The normalized spacial score (nSPS) is 14.6. The van der Waals surface area contributed by atoms with Crippen molar-refractivity contribution >= 4 is 5.91 Å². The number of carbonyl (C=O) groups is 1. The van der Waals surface area contributed by atoms with Crippen LogP contribution in [0.2, 0.25) is 0 Å². The Kier molecular flexibility index (Phi) is 7.74. The summed E-state index contributed by atoms with van der Waals surface area (Å²) >= 11 is 0. The lowest BCUT2D eigenvalue weighted by Crippen LogP contribution is -2.37. The number of nitrogens with zero attached hydrogens (tertiary/aromatic N) is 1. The van der Waals surface area contributed by atoms with Crippen LogP contribution in [0.5, 0.6) is 0 Å². The minimum Gasteiger partial charge on any atom is -0.350 e. The van der Waals surface area contributed by atoms with Crippen LogP contribution in [0, 0.1) is 23.2 Å². The maximum absolute atomic E-state index is 12.6. The molecule has 2 unspecified atom stereocenters. The van der Waals surface area contributed by atoms with Crippen LogP contribution >= 0.6 is 0 Å². The summed E-state index contributed by atoms with van der Waals surface area (Å²) in [6.45, 7) is 13.8. The maximum Gasteiger partial charge on any atom is 0.223 e. The molecule has 1 N–H and O–H groups in total. The van der Waals surface area contributed by atoms with Crippen molar-refractivity contribution in [2.24, 2.45) is 23.2 Å². The number of hydrogen-bond donors (Lipinski definition) is 1. The Hall–Kier alpha value is -1.38. The zero-order valence-electron chi connectivity index (χ0n) is 15.7. The lowest BCUT2D eigenvalue weighted by molar-refractivity contribution is -0.128. The van der Waals surface area contributed by atoms with Crippen LogP contribution in [0.1, 0.15) is 66.5 Å². The van der Waals surface area contributed by atoms with Crippen molar-refractivity contribution in [3.05, 3.63) is 30.1 Å². The van der Waals surface area contributed by atoms with Gasteiger partial charge >= 0.3 is 0 Å². The molecule has 3 nitrogen and oxygen atoms in total. The molecule has 3 heteroatoms. The smallest absolute Gasteiger partial charge is 0.223 e. The third kappa shape index (κ3) is 7.15. The Balaban J connectivity index is 2.54. The summed E-state index contributed by atoms with van der Waals surface area (Å²) in [5.74, 6) is 1.62. The summed E-state index contributed by atoms with van der Waals surface area (Å²) < 4.78 is 0. The van der Waals surface area contributed by atoms with Crippen LogP contribution in [0.25, 0.3) is 0 Å². The number of amides is 1. The molecular formula is C20H34N2O. The van der Waals surface area contributed by atoms with Crippen LogP contribution in [0.3, 0.4) is 0 Å². The number of rotatable bonds is 8. The Morgan fingerprint density at radius 3 is 2.39 bits per heavy atom. The fraction of sp³-hybridized carbons (Fsp3) is 0.700. The Morgan fingerprint density at radius 1 is 1.17 bits per heavy atom. The maximum atomic E-state index is 12.6. The molecule has 130 valence electrons. The summed E-state index contributed by atoms with van der Waals surface area (Å²) in [4.78, 5) is 16.9. The molecule has 0 saturated heterocycles. The van der Waals surface area contributed by atoms with Gasteiger partial charge in [-0.05, 0) is 35.8 Å². The van der Waals surface area contributed by atoms with E-state index in [1.54, 1.807) is 6.20 Å². The van der Waals surface area contributed by atoms with E-state index in [1.165, 1.54) is 6.42 Å². The second-order valence-corrected chi connectivity index (χ2v) is 8.11. The average Bonchev–Trinajstić information content (AvgIpc) is 2.48. The number of aromatic nitrogens is 1. The summed E-state index contributed by atoms with van der Waals surface area (Å²) in [6, 6.07) is 5.78. The highest BCUT2D eigenvalue weighted by Crippen LogP contribution is 2.31. The standard InChI is InChI=1S/C20H34N2O/c1-15(2)16(3)10-9-12-18(20(4,5)6)19(23)22-14-17-11-7-8-13-21-17/h7-8,11,13,15-16,18H,9-10,12,14H2,1-6H3,(H,22,23). The van der Waals surface area contributed by atoms with E-state index >= 15 is 0 Å². The molecule has 23 heavy (non-hydrogen) atoms. The lowest BCUT2D eigenvalue weighted by atomic mass is 9.76. The van der Waals surface area contributed by atoms with Crippen LogP contribution in [0.4, 0.5) is 0 Å². The summed E-state index contributed by atoms with van der Waals surface area (Å²) in [5.41, 5.74) is 0.886. The van der Waals surface area contributed by atoms with Gasteiger partial charge in [0.1, 0.15) is 0 Å². The molecule has 1 amide bonds. The highest BCUT2D eigenvalue weighted by atomic mass is 16.1. The molecule has 2 atom stereocenters. The van der Waals surface area contributed by atoms with Gasteiger partial charge in [-0.25, -0.2) is 0 Å². The van der Waals surface area contributed by atoms with Crippen molar-refractivity contribution in [1.82, 2.24) is 10.3 Å². The van der Waals surface area contributed by atoms with Crippen molar-refractivity contribution in [3.63, 3.8) is 0 Å². The quantitative estimate of drug-likeness (QED) is 0.746. The third-order valence-corrected chi connectivity index (χ3v) is 4.82. The largest absolute Gasteiger partial charge is 0.350 e. The molecule has 0 aromatic carbocycles. The monoisotopic (exact) mass is 318 g/mol. The highest BCUT2D eigenvalue weighted by molar-refractivity contribution is 5.79. The first kappa shape index (κ1) is 19.7. The first-order valence-electron chi connectivity index (χ1n) is 8.89. The summed E-state index contributed by atoms with van der Waals surface area (Å²) in [5, 5.41) is 3.07. The Morgan fingerprint density at radius 2 is 1.87 bits per heavy atom. The number of carbonyl (C=O) groups excluding carboxylic acids is 1. The molecule has 0 spiro atoms. The van der Waals surface area contributed by atoms with E-state index in [4.69, 9.17) is 0 Å². The predicted octanol–water partition coefficient (Wildman–Crippen LogP) is 4.82. The van der Waals surface area contributed by atoms with E-state index in [1.807, 2.05) is 18.2 Å². The summed E-state index contributed by atoms with van der Waals surface area (Å²) in [7, 11) is 0. The van der Waals surface area contributed by atoms with Crippen molar-refractivity contribution in [2.45, 2.75) is 67.3 Å². The lowest BCUT2D eigenvalue weighted by Gasteiger charge is -2.30. The fourth-order valence-corrected chi connectivity index (χ4v) is 2.74. The highest BCUT2D eigenvalue weighted by Gasteiger charge is 2.30. The van der Waals surface area contributed by atoms with Gasteiger partial charge in [0.25, 0.3) is 0 Å².